The third-order valence-electron chi connectivity index (χ3n) is 14.0. The van der Waals surface area contributed by atoms with Gasteiger partial charge in [-0.2, -0.15) is 0 Å². The molecule has 0 unspecified atom stereocenters. The molecule has 0 saturated carbocycles. The first-order valence-corrected chi connectivity index (χ1v) is 23.6. The molecule has 2 heterocycles. The second-order valence-corrected chi connectivity index (χ2v) is 19.0. The van der Waals surface area contributed by atoms with Crippen LogP contribution in [0.4, 0.5) is 0 Å². The summed E-state index contributed by atoms with van der Waals surface area (Å²) in [6.45, 7) is 13.6. The van der Waals surface area contributed by atoms with E-state index < -0.39 is 59.6 Å². The van der Waals surface area contributed by atoms with E-state index in [2.05, 4.69) is 5.32 Å². The van der Waals surface area contributed by atoms with Crippen molar-refractivity contribution in [2.24, 2.45) is 23.7 Å². The summed E-state index contributed by atoms with van der Waals surface area (Å²) in [5.41, 5.74) is -0.433. The lowest BCUT2D eigenvalue weighted by Gasteiger charge is -2.41. The van der Waals surface area contributed by atoms with E-state index in [-0.39, 0.29) is 72.8 Å². The summed E-state index contributed by atoms with van der Waals surface area (Å²) in [4.78, 5) is 112. The molecule has 2 N–H and O–H groups in total. The van der Waals surface area contributed by atoms with Crippen molar-refractivity contribution >= 4 is 47.2 Å². The second-order valence-electron chi connectivity index (χ2n) is 19.0. The SMILES string of the molecule is CC[C@H](C)[C@@H]([C@@H](CC(=O)N1CCC[C@H]1[C@H](OC)[C@@H](C)C(=O)N[C@@H](Cc1ccccc1)C(=O)O)OC)N(C)C(=O)[C@@H](CC(=O)C(C)(C)N(C)C(=O)CCCCCCN1C(=O)C=CC1=O)C(C)C. The van der Waals surface area contributed by atoms with E-state index in [9.17, 15) is 43.5 Å². The molecule has 1 aromatic carbocycles. The van der Waals surface area contributed by atoms with E-state index in [4.69, 9.17) is 9.47 Å². The summed E-state index contributed by atoms with van der Waals surface area (Å²) in [7, 11) is 6.29. The van der Waals surface area contributed by atoms with Crippen molar-refractivity contribution in [2.45, 2.75) is 155 Å². The topological polar surface area (TPSA) is 200 Å². The van der Waals surface area contributed by atoms with Gasteiger partial charge in [0, 0.05) is 78.7 Å². The Morgan fingerprint density at radius 2 is 1.52 bits per heavy atom. The molecule has 0 spiro atoms. The fourth-order valence-corrected chi connectivity index (χ4v) is 9.20. The van der Waals surface area contributed by atoms with Crippen molar-refractivity contribution < 1.29 is 52.9 Å². The van der Waals surface area contributed by atoms with Gasteiger partial charge in [-0.25, -0.2) is 4.79 Å². The van der Waals surface area contributed by atoms with Crippen LogP contribution in [0.25, 0.3) is 0 Å². The number of hydrogen-bond acceptors (Lipinski definition) is 10. The maximum absolute atomic E-state index is 14.6. The third-order valence-corrected chi connectivity index (χ3v) is 14.0. The largest absolute Gasteiger partial charge is 0.480 e. The molecule has 2 aliphatic rings. The van der Waals surface area contributed by atoms with E-state index in [0.717, 1.165) is 18.4 Å². The minimum Gasteiger partial charge on any atom is -0.480 e. The van der Waals surface area contributed by atoms with Gasteiger partial charge in [0.05, 0.1) is 42.2 Å². The highest BCUT2D eigenvalue weighted by molar-refractivity contribution is 6.12. The number of likely N-dealkylation sites (N-methyl/N-ethyl adjacent to an activating group) is 2. The first-order valence-electron chi connectivity index (χ1n) is 23.6. The van der Waals surface area contributed by atoms with Gasteiger partial charge < -0.3 is 34.6 Å². The van der Waals surface area contributed by atoms with Crippen LogP contribution in [0.15, 0.2) is 42.5 Å². The molecule has 16 nitrogen and oxygen atoms in total. The van der Waals surface area contributed by atoms with Crippen LogP contribution in [-0.4, -0.2) is 149 Å². The maximum atomic E-state index is 14.6. The molecule has 0 bridgehead atoms. The number of likely N-dealkylation sites (tertiary alicyclic amines) is 1. The number of Topliss-reactive ketones (excluding diaryl/α,β-unsaturated/α-hetero) is 1. The number of carboxylic acid groups (broad SMARTS) is 1. The summed E-state index contributed by atoms with van der Waals surface area (Å²) in [6.07, 6.45) is 5.84. The standard InChI is InChI=1S/C50H77N5O11/c1-12-33(4)45(39(65-10)31-44(60)54-28-20-23-38(54)46(66-11)34(5)47(61)51-37(49(63)64)29-35-21-16-15-17-22-35)52(8)48(62)36(32(2)3)30-40(56)50(6,7)53(9)41(57)24-18-13-14-19-27-55-42(58)25-26-43(55)59/h15-17,21-22,25-26,32-34,36-39,45-46H,12-14,18-20,23-24,27-31H2,1-11H3,(H,51,61)(H,63,64)/t33-,34+,36-,37-,38-,39+,45-,46+/m0/s1. The Kier molecular flexibility index (Phi) is 21.7. The molecule has 16 heteroatoms. The third kappa shape index (κ3) is 14.5. The molecule has 6 amide bonds. The Bertz CT molecular complexity index is 1850. The van der Waals surface area contributed by atoms with E-state index >= 15 is 0 Å². The van der Waals surface area contributed by atoms with E-state index in [1.807, 2.05) is 33.8 Å². The Labute approximate surface area is 392 Å². The number of carbonyl (C=O) groups excluding carboxylic acids is 7. The molecule has 1 saturated heterocycles. The minimum absolute atomic E-state index is 0.0602. The van der Waals surface area contributed by atoms with Crippen LogP contribution in [0, 0.1) is 23.7 Å². The predicted octanol–water partition coefficient (Wildman–Crippen LogP) is 5.06. The molecule has 368 valence electrons. The van der Waals surface area contributed by atoms with Crippen molar-refractivity contribution in [3.63, 3.8) is 0 Å². The van der Waals surface area contributed by atoms with Crippen molar-refractivity contribution in [3.05, 3.63) is 48.0 Å². The highest BCUT2D eigenvalue weighted by Crippen LogP contribution is 2.32. The lowest BCUT2D eigenvalue weighted by atomic mass is 9.82. The second kappa shape index (κ2) is 25.8. The summed E-state index contributed by atoms with van der Waals surface area (Å²) in [6, 6.07) is 6.88. The number of ether oxygens (including phenoxy) is 2. The number of nitrogens with one attached hydrogen (secondary N) is 1. The van der Waals surface area contributed by atoms with Gasteiger partial charge >= 0.3 is 5.97 Å². The van der Waals surface area contributed by atoms with Gasteiger partial charge in [0.1, 0.15) is 6.04 Å². The average Bonchev–Trinajstić information content (AvgIpc) is 3.90. The lowest BCUT2D eigenvalue weighted by Crippen LogP contribution is -2.55. The molecular weight excluding hydrogens is 847 g/mol. The predicted molar refractivity (Wildman–Crippen MR) is 250 cm³/mol. The monoisotopic (exact) mass is 924 g/mol. The van der Waals surface area contributed by atoms with Crippen LogP contribution in [-0.2, 0) is 54.3 Å². The molecule has 2 aliphatic heterocycles. The molecule has 1 fully saturated rings. The average molecular weight is 924 g/mol. The van der Waals surface area contributed by atoms with E-state index in [1.54, 1.807) is 68.9 Å². The van der Waals surface area contributed by atoms with Crippen LogP contribution in [0.5, 0.6) is 0 Å². The van der Waals surface area contributed by atoms with Crippen molar-refractivity contribution in [1.82, 2.24) is 24.9 Å². The number of imide groups is 1. The molecule has 1 aromatic rings. The summed E-state index contributed by atoms with van der Waals surface area (Å²) >= 11 is 0. The number of nitrogens with zero attached hydrogens (tertiary/aromatic N) is 4. The fraction of sp³-hybridized carbons (Fsp3) is 0.680. The molecule has 66 heavy (non-hydrogen) atoms. The number of benzene rings is 1. The van der Waals surface area contributed by atoms with Gasteiger partial charge in [0.25, 0.3) is 11.8 Å². The number of ketones is 1. The van der Waals surface area contributed by atoms with Crippen molar-refractivity contribution in [1.29, 1.82) is 0 Å². The van der Waals surface area contributed by atoms with Crippen LogP contribution in [0.3, 0.4) is 0 Å². The highest BCUT2D eigenvalue weighted by Gasteiger charge is 2.44. The summed E-state index contributed by atoms with van der Waals surface area (Å²) < 4.78 is 11.9. The number of amides is 6. The summed E-state index contributed by atoms with van der Waals surface area (Å²) in [5.74, 6) is -5.06. The van der Waals surface area contributed by atoms with Crippen molar-refractivity contribution in [3.8, 4) is 0 Å². The Morgan fingerprint density at radius 3 is 2.08 bits per heavy atom. The number of carboxylic acids is 1. The zero-order valence-corrected chi connectivity index (χ0v) is 41.2. The van der Waals surface area contributed by atoms with Crippen LogP contribution in [0.2, 0.25) is 0 Å². The number of hydrogen-bond donors (Lipinski definition) is 2. The van der Waals surface area contributed by atoms with Gasteiger partial charge in [-0.3, -0.25) is 38.5 Å². The Morgan fingerprint density at radius 1 is 0.894 bits per heavy atom. The number of rotatable bonds is 28. The van der Waals surface area contributed by atoms with Gasteiger partial charge in [-0.15, -0.1) is 0 Å². The normalized spacial score (nSPS) is 18.4. The molecule has 8 atom stereocenters. The zero-order chi connectivity index (χ0) is 49.5. The maximum Gasteiger partial charge on any atom is 0.326 e. The number of unbranched alkanes of at least 4 members (excludes halogenated alkanes) is 3. The first-order chi connectivity index (χ1) is 31.1. The first kappa shape index (κ1) is 55.4. The van der Waals surface area contributed by atoms with Gasteiger partial charge in [0.15, 0.2) is 5.78 Å². The Hall–Kier alpha value is -4.96. The molecule has 3 rings (SSSR count). The molecule has 0 aromatic heterocycles. The highest BCUT2D eigenvalue weighted by atomic mass is 16.5. The quantitative estimate of drug-likeness (QED) is 0.0841. The van der Waals surface area contributed by atoms with Gasteiger partial charge in [0.2, 0.25) is 23.6 Å². The van der Waals surface area contributed by atoms with Crippen LogP contribution >= 0.6 is 0 Å². The smallest absolute Gasteiger partial charge is 0.326 e. The van der Waals surface area contributed by atoms with E-state index in [0.29, 0.717) is 45.2 Å². The summed E-state index contributed by atoms with van der Waals surface area (Å²) in [5, 5.41) is 12.6. The number of aliphatic carboxylic acids is 1. The van der Waals surface area contributed by atoms with Gasteiger partial charge in [-0.1, -0.05) is 84.2 Å². The molecule has 0 aliphatic carbocycles. The number of methoxy groups -OCH3 is 2. The molecule has 0 radical (unpaired) electrons. The van der Waals surface area contributed by atoms with Crippen molar-refractivity contribution in [2.75, 3.05) is 41.4 Å². The zero-order valence-electron chi connectivity index (χ0n) is 41.2. The van der Waals surface area contributed by atoms with Crippen LogP contribution < -0.4 is 5.32 Å². The minimum atomic E-state index is -1.20. The lowest BCUT2D eigenvalue weighted by molar-refractivity contribution is -0.150. The number of carbonyl (C=O) groups is 8. The van der Waals surface area contributed by atoms with Gasteiger partial charge in [-0.05, 0) is 56.9 Å². The molecular formula is C50H77N5O11. The van der Waals surface area contributed by atoms with Crippen LogP contribution in [0.1, 0.15) is 118 Å². The Balaban J connectivity index is 1.67. The van der Waals surface area contributed by atoms with E-state index in [1.165, 1.54) is 36.2 Å². The fourth-order valence-electron chi connectivity index (χ4n) is 9.20.